The van der Waals surface area contributed by atoms with Gasteiger partial charge in [-0.3, -0.25) is 0 Å². The Balaban J connectivity index is 3.57. The van der Waals surface area contributed by atoms with Crippen molar-refractivity contribution in [2.24, 2.45) is 21.4 Å². The fourth-order valence-electron chi connectivity index (χ4n) is 1.13. The Morgan fingerprint density at radius 1 is 0.889 bits per heavy atom. The first kappa shape index (κ1) is 16.7. The molecule has 8 nitrogen and oxygen atoms in total. The first-order valence-corrected chi connectivity index (χ1v) is 5.73. The van der Waals surface area contributed by atoms with Crippen molar-refractivity contribution in [3.05, 3.63) is 14.7 Å². The van der Waals surface area contributed by atoms with Crippen LogP contribution in [0.5, 0.6) is 0 Å². The zero-order valence-corrected chi connectivity index (χ0v) is 10.7. The average Bonchev–Trinajstić information content (AvgIpc) is 2.37. The molecular formula is C10H19N3O5. The minimum atomic E-state index is -0.727. The van der Waals surface area contributed by atoms with Gasteiger partial charge in [0.1, 0.15) is 18.6 Å². The number of nitroso groups, excluding NO2 is 3. The van der Waals surface area contributed by atoms with Crippen LogP contribution in [0.2, 0.25) is 0 Å². The topological polar surface area (TPSA) is 107 Å². The monoisotopic (exact) mass is 261 g/mol. The van der Waals surface area contributed by atoms with Gasteiger partial charge >= 0.3 is 0 Å². The Bertz CT molecular complexity index is 252. The van der Waals surface area contributed by atoms with Crippen molar-refractivity contribution in [2.45, 2.75) is 25.9 Å². The molecule has 8 heteroatoms. The van der Waals surface area contributed by atoms with E-state index in [1.807, 2.05) is 6.92 Å². The summed E-state index contributed by atoms with van der Waals surface area (Å²) in [5.41, 5.74) is 0. The molecule has 0 bridgehead atoms. The van der Waals surface area contributed by atoms with E-state index >= 15 is 0 Å². The van der Waals surface area contributed by atoms with E-state index in [0.29, 0.717) is 13.2 Å². The fourth-order valence-corrected chi connectivity index (χ4v) is 1.13. The minimum Gasteiger partial charge on any atom is -0.379 e. The van der Waals surface area contributed by atoms with Crippen LogP contribution in [0, 0.1) is 20.6 Å². The van der Waals surface area contributed by atoms with Crippen molar-refractivity contribution in [1.82, 2.24) is 0 Å². The summed E-state index contributed by atoms with van der Waals surface area (Å²) in [7, 11) is 0. The van der Waals surface area contributed by atoms with Crippen LogP contribution in [-0.2, 0) is 9.47 Å². The van der Waals surface area contributed by atoms with E-state index < -0.39 is 6.04 Å². The van der Waals surface area contributed by atoms with E-state index in [-0.39, 0.29) is 31.7 Å². The van der Waals surface area contributed by atoms with Crippen molar-refractivity contribution in [3.8, 4) is 0 Å². The zero-order chi connectivity index (χ0) is 13.8. The van der Waals surface area contributed by atoms with Gasteiger partial charge in [-0.05, 0) is 6.92 Å². The second-order valence-electron chi connectivity index (χ2n) is 4.21. The van der Waals surface area contributed by atoms with Crippen molar-refractivity contribution >= 4 is 0 Å². The third kappa shape index (κ3) is 8.82. The first-order chi connectivity index (χ1) is 8.63. The third-order valence-corrected chi connectivity index (χ3v) is 2.09. The molecule has 0 amide bonds. The van der Waals surface area contributed by atoms with E-state index in [4.69, 9.17) is 9.47 Å². The third-order valence-electron chi connectivity index (χ3n) is 2.09. The Morgan fingerprint density at radius 3 is 2.00 bits per heavy atom. The van der Waals surface area contributed by atoms with Gasteiger partial charge in [-0.2, -0.15) is 14.7 Å². The van der Waals surface area contributed by atoms with Crippen LogP contribution in [0.25, 0.3) is 0 Å². The molecular weight excluding hydrogens is 242 g/mol. The molecule has 0 heterocycles. The minimum absolute atomic E-state index is 0.0753. The molecule has 3 unspecified atom stereocenters. The summed E-state index contributed by atoms with van der Waals surface area (Å²) >= 11 is 0. The van der Waals surface area contributed by atoms with Crippen molar-refractivity contribution in [2.75, 3.05) is 33.0 Å². The van der Waals surface area contributed by atoms with Crippen LogP contribution in [0.4, 0.5) is 0 Å². The van der Waals surface area contributed by atoms with Gasteiger partial charge in [0.05, 0.1) is 26.4 Å². The van der Waals surface area contributed by atoms with E-state index in [1.54, 1.807) is 6.92 Å². The second-order valence-corrected chi connectivity index (χ2v) is 4.21. The molecule has 0 radical (unpaired) electrons. The van der Waals surface area contributed by atoms with E-state index in [2.05, 4.69) is 15.5 Å². The van der Waals surface area contributed by atoms with Crippen LogP contribution in [-0.4, -0.2) is 45.1 Å². The van der Waals surface area contributed by atoms with Gasteiger partial charge in [-0.25, -0.2) is 0 Å². The molecule has 0 saturated carbocycles. The number of hydrogen-bond donors (Lipinski definition) is 0. The van der Waals surface area contributed by atoms with Crippen molar-refractivity contribution < 1.29 is 9.47 Å². The number of hydrogen-bond acceptors (Lipinski definition) is 8. The number of rotatable bonds is 12. The summed E-state index contributed by atoms with van der Waals surface area (Å²) in [5.74, 6) is 0.111. The lowest BCUT2D eigenvalue weighted by Gasteiger charge is -2.13. The second kappa shape index (κ2) is 10.8. The summed E-state index contributed by atoms with van der Waals surface area (Å²) in [6, 6.07) is -1.09. The van der Waals surface area contributed by atoms with Gasteiger partial charge in [0.2, 0.25) is 0 Å². The van der Waals surface area contributed by atoms with Gasteiger partial charge in [-0.15, -0.1) is 0 Å². The van der Waals surface area contributed by atoms with Crippen molar-refractivity contribution in [1.29, 1.82) is 0 Å². The van der Waals surface area contributed by atoms with E-state index in [0.717, 1.165) is 0 Å². The van der Waals surface area contributed by atoms with Crippen LogP contribution in [0.15, 0.2) is 15.5 Å². The highest BCUT2D eigenvalue weighted by atomic mass is 16.5. The quantitative estimate of drug-likeness (QED) is 0.497. The molecule has 0 aliphatic rings. The highest BCUT2D eigenvalue weighted by Gasteiger charge is 2.11. The summed E-state index contributed by atoms with van der Waals surface area (Å²) in [6.45, 7) is 4.57. The maximum absolute atomic E-state index is 10.3. The molecule has 0 fully saturated rings. The number of ether oxygens (including phenoxy) is 2. The maximum atomic E-state index is 10.3. The summed E-state index contributed by atoms with van der Waals surface area (Å²) in [4.78, 5) is 30.3. The lowest BCUT2D eigenvalue weighted by atomic mass is 10.2. The molecule has 104 valence electrons. The lowest BCUT2D eigenvalue weighted by molar-refractivity contribution is 0.0391. The summed E-state index contributed by atoms with van der Waals surface area (Å²) in [5, 5.41) is 8.13. The summed E-state index contributed by atoms with van der Waals surface area (Å²) < 4.78 is 10.5. The smallest absolute Gasteiger partial charge is 0.138 e. The maximum Gasteiger partial charge on any atom is 0.138 e. The Labute approximate surface area is 105 Å². The zero-order valence-electron chi connectivity index (χ0n) is 10.7. The highest BCUT2D eigenvalue weighted by Crippen LogP contribution is 2.01. The normalized spacial score (nSPS) is 15.7. The van der Waals surface area contributed by atoms with Crippen molar-refractivity contribution in [3.63, 3.8) is 0 Å². The van der Waals surface area contributed by atoms with Crippen LogP contribution in [0.3, 0.4) is 0 Å². The van der Waals surface area contributed by atoms with Crippen LogP contribution < -0.4 is 0 Å². The summed E-state index contributed by atoms with van der Waals surface area (Å²) in [6.07, 6.45) is 0. The van der Waals surface area contributed by atoms with Gasteiger partial charge in [0.15, 0.2) is 0 Å². The predicted octanol–water partition coefficient (Wildman–Crippen LogP) is 1.71. The van der Waals surface area contributed by atoms with Crippen LogP contribution in [0.1, 0.15) is 13.8 Å². The molecule has 0 aromatic carbocycles. The van der Waals surface area contributed by atoms with Gasteiger partial charge < -0.3 is 9.47 Å². The van der Waals surface area contributed by atoms with Gasteiger partial charge in [0, 0.05) is 5.92 Å². The first-order valence-electron chi connectivity index (χ1n) is 5.73. The number of nitrogens with zero attached hydrogens (tertiary/aromatic N) is 3. The molecule has 0 aliphatic carbocycles. The molecule has 0 aromatic rings. The molecule has 0 aliphatic heterocycles. The van der Waals surface area contributed by atoms with Gasteiger partial charge in [0.25, 0.3) is 0 Å². The SMILES string of the molecule is CC(COCC(C)N=O)COCC(CN=O)N=O. The standard InChI is InChI=1S/C10H19N3O5/c1-8(4-17-6-9(2)12-15)5-18-7-10(13-16)3-11-14/h8-10H,3-7H2,1-2H3. The Morgan fingerprint density at radius 2 is 1.50 bits per heavy atom. The van der Waals surface area contributed by atoms with Gasteiger partial charge in [-0.1, -0.05) is 22.5 Å². The Kier molecular flexibility index (Phi) is 10.1. The van der Waals surface area contributed by atoms with E-state index in [1.165, 1.54) is 0 Å². The molecule has 18 heavy (non-hydrogen) atoms. The molecule has 3 atom stereocenters. The fraction of sp³-hybridized carbons (Fsp3) is 1.00. The highest BCUT2D eigenvalue weighted by molar-refractivity contribution is 4.67. The van der Waals surface area contributed by atoms with E-state index in [9.17, 15) is 14.7 Å². The largest absolute Gasteiger partial charge is 0.379 e. The lowest BCUT2D eigenvalue weighted by Crippen LogP contribution is -2.21. The molecule has 0 rings (SSSR count). The van der Waals surface area contributed by atoms with Crippen LogP contribution >= 0.6 is 0 Å². The molecule has 0 N–H and O–H groups in total. The molecule has 0 saturated heterocycles. The Hall–Kier alpha value is -1.28. The predicted molar refractivity (Wildman–Crippen MR) is 66.3 cm³/mol. The average molecular weight is 261 g/mol. The molecule has 0 aromatic heterocycles. The molecule has 0 spiro atoms.